The Kier molecular flexibility index (Phi) is 4.37. The van der Waals surface area contributed by atoms with Crippen LogP contribution in [0.25, 0.3) is 0 Å². The third-order valence-corrected chi connectivity index (χ3v) is 5.04. The van der Waals surface area contributed by atoms with E-state index >= 15 is 0 Å². The van der Waals surface area contributed by atoms with Gasteiger partial charge in [-0.15, -0.1) is 11.3 Å². The van der Waals surface area contributed by atoms with Gasteiger partial charge in [-0.2, -0.15) is 0 Å². The highest BCUT2D eigenvalue weighted by Gasteiger charge is 2.38. The topological polar surface area (TPSA) is 53.5 Å². The molecule has 3 rings (SSSR count). The second-order valence-electron chi connectivity index (χ2n) is 5.41. The van der Waals surface area contributed by atoms with E-state index in [2.05, 4.69) is 4.98 Å². The van der Waals surface area contributed by atoms with E-state index in [1.807, 2.05) is 25.1 Å². The van der Waals surface area contributed by atoms with E-state index in [0.717, 1.165) is 5.01 Å². The molecule has 1 saturated heterocycles. The molecule has 0 saturated carbocycles. The number of aryl methyl sites for hydroxylation is 1. The fourth-order valence-corrected chi connectivity index (χ4v) is 3.54. The van der Waals surface area contributed by atoms with E-state index in [1.165, 1.54) is 16.2 Å². The largest absolute Gasteiger partial charge is 0.328 e. The zero-order valence-electron chi connectivity index (χ0n) is 12.8. The van der Waals surface area contributed by atoms with Crippen LogP contribution in [0.15, 0.2) is 29.6 Å². The molecule has 2 aromatic rings. The lowest BCUT2D eigenvalue weighted by molar-refractivity contribution is -0.120. The van der Waals surface area contributed by atoms with Crippen LogP contribution < -0.4 is 4.90 Å². The Morgan fingerprint density at radius 3 is 2.83 bits per heavy atom. The number of benzene rings is 1. The van der Waals surface area contributed by atoms with E-state index < -0.39 is 6.04 Å². The zero-order valence-corrected chi connectivity index (χ0v) is 14.4. The number of carbonyl (C=O) groups is 2. The predicted molar refractivity (Wildman–Crippen MR) is 91.2 cm³/mol. The van der Waals surface area contributed by atoms with E-state index in [1.54, 1.807) is 23.4 Å². The summed E-state index contributed by atoms with van der Waals surface area (Å²) in [6, 6.07) is 6.75. The number of halogens is 1. The Hall–Kier alpha value is -1.92. The molecule has 120 valence electrons. The molecule has 0 N–H and O–H groups in total. The van der Waals surface area contributed by atoms with Crippen LogP contribution in [0, 0.1) is 6.92 Å². The SMILES string of the molecule is Cc1nc(C(=O)N(C)[C@@H]2CCN(c3ccccc3Cl)C2=O)cs1. The molecule has 2 amide bonds. The fraction of sp³-hybridized carbons (Fsp3) is 0.312. The molecule has 0 unspecified atom stereocenters. The number of nitrogens with zero attached hydrogens (tertiary/aromatic N) is 3. The molecule has 1 fully saturated rings. The minimum Gasteiger partial charge on any atom is -0.328 e. The normalized spacial score (nSPS) is 17.6. The van der Waals surface area contributed by atoms with Crippen LogP contribution >= 0.6 is 22.9 Å². The number of anilines is 1. The third-order valence-electron chi connectivity index (χ3n) is 3.95. The van der Waals surface area contributed by atoms with Crippen molar-refractivity contribution in [2.75, 3.05) is 18.5 Å². The van der Waals surface area contributed by atoms with Crippen molar-refractivity contribution in [3.63, 3.8) is 0 Å². The number of thiazole rings is 1. The second-order valence-corrected chi connectivity index (χ2v) is 6.88. The highest BCUT2D eigenvalue weighted by Crippen LogP contribution is 2.30. The predicted octanol–water partition coefficient (Wildman–Crippen LogP) is 2.98. The van der Waals surface area contributed by atoms with Gasteiger partial charge in [0, 0.05) is 19.0 Å². The van der Waals surface area contributed by atoms with Crippen LogP contribution in [-0.2, 0) is 4.79 Å². The molecule has 1 aliphatic rings. The number of para-hydroxylation sites is 1. The Labute approximate surface area is 143 Å². The van der Waals surface area contributed by atoms with Gasteiger partial charge in [-0.1, -0.05) is 23.7 Å². The highest BCUT2D eigenvalue weighted by atomic mass is 35.5. The van der Waals surface area contributed by atoms with Crippen molar-refractivity contribution < 1.29 is 9.59 Å². The van der Waals surface area contributed by atoms with Gasteiger partial charge in [-0.05, 0) is 25.5 Å². The summed E-state index contributed by atoms with van der Waals surface area (Å²) in [5.74, 6) is -0.338. The molecule has 0 bridgehead atoms. The Morgan fingerprint density at radius 2 is 2.17 bits per heavy atom. The summed E-state index contributed by atoms with van der Waals surface area (Å²) in [6.07, 6.45) is 0.579. The van der Waals surface area contributed by atoms with Gasteiger partial charge < -0.3 is 9.80 Å². The summed E-state index contributed by atoms with van der Waals surface area (Å²) in [4.78, 5) is 32.5. The molecule has 1 aromatic heterocycles. The molecule has 5 nitrogen and oxygen atoms in total. The smallest absolute Gasteiger partial charge is 0.273 e. The Bertz CT molecular complexity index is 761. The summed E-state index contributed by atoms with van der Waals surface area (Å²) in [5, 5.41) is 3.09. The lowest BCUT2D eigenvalue weighted by Crippen LogP contribution is -2.43. The van der Waals surface area contributed by atoms with Crippen molar-refractivity contribution in [3.05, 3.63) is 45.4 Å². The first-order valence-electron chi connectivity index (χ1n) is 7.24. The van der Waals surface area contributed by atoms with Crippen molar-refractivity contribution in [2.45, 2.75) is 19.4 Å². The third kappa shape index (κ3) is 2.96. The summed E-state index contributed by atoms with van der Waals surface area (Å²) < 4.78 is 0. The maximum Gasteiger partial charge on any atom is 0.273 e. The van der Waals surface area contributed by atoms with Crippen molar-refractivity contribution in [2.24, 2.45) is 0 Å². The van der Waals surface area contributed by atoms with E-state index in [-0.39, 0.29) is 11.8 Å². The van der Waals surface area contributed by atoms with Gasteiger partial charge in [0.05, 0.1) is 15.7 Å². The molecule has 1 aliphatic heterocycles. The van der Waals surface area contributed by atoms with E-state index in [0.29, 0.717) is 29.4 Å². The van der Waals surface area contributed by atoms with Gasteiger partial charge in [-0.25, -0.2) is 4.98 Å². The standard InChI is InChI=1S/C16H16ClN3O2S/c1-10-18-12(9-23-10)15(21)19(2)14-7-8-20(16(14)22)13-6-4-3-5-11(13)17/h3-6,9,14H,7-8H2,1-2H3/t14-/m1/s1. The molecule has 0 aliphatic carbocycles. The molecule has 0 spiro atoms. The summed E-state index contributed by atoms with van der Waals surface area (Å²) >= 11 is 7.60. The summed E-state index contributed by atoms with van der Waals surface area (Å²) in [5.41, 5.74) is 1.08. The average molecular weight is 350 g/mol. The summed E-state index contributed by atoms with van der Waals surface area (Å²) in [6.45, 7) is 2.39. The second kappa shape index (κ2) is 6.29. The minimum absolute atomic E-state index is 0.110. The van der Waals surface area contributed by atoms with Crippen molar-refractivity contribution in [3.8, 4) is 0 Å². The van der Waals surface area contributed by atoms with Crippen LogP contribution in [0.5, 0.6) is 0 Å². The number of carbonyl (C=O) groups excluding carboxylic acids is 2. The number of rotatable bonds is 3. The van der Waals surface area contributed by atoms with Crippen molar-refractivity contribution >= 4 is 40.4 Å². The number of amides is 2. The fourth-order valence-electron chi connectivity index (χ4n) is 2.72. The Balaban J connectivity index is 1.79. The van der Waals surface area contributed by atoms with Crippen LogP contribution in [0.3, 0.4) is 0 Å². The van der Waals surface area contributed by atoms with Crippen molar-refractivity contribution in [1.29, 1.82) is 0 Å². The summed E-state index contributed by atoms with van der Waals surface area (Å²) in [7, 11) is 1.65. The molecular weight excluding hydrogens is 334 g/mol. The first-order chi connectivity index (χ1) is 11.0. The lowest BCUT2D eigenvalue weighted by atomic mass is 10.2. The van der Waals surface area contributed by atoms with Gasteiger partial charge in [-0.3, -0.25) is 9.59 Å². The lowest BCUT2D eigenvalue weighted by Gasteiger charge is -2.23. The molecule has 2 heterocycles. The first kappa shape index (κ1) is 16.0. The van der Waals surface area contributed by atoms with Crippen LogP contribution in [-0.4, -0.2) is 41.3 Å². The number of likely N-dealkylation sites (N-methyl/N-ethyl adjacent to an activating group) is 1. The van der Waals surface area contributed by atoms with Gasteiger partial charge >= 0.3 is 0 Å². The van der Waals surface area contributed by atoms with Crippen LogP contribution in [0.1, 0.15) is 21.9 Å². The highest BCUT2D eigenvalue weighted by molar-refractivity contribution is 7.09. The molecule has 0 radical (unpaired) electrons. The maximum absolute atomic E-state index is 12.7. The Morgan fingerprint density at radius 1 is 1.43 bits per heavy atom. The van der Waals surface area contributed by atoms with Crippen molar-refractivity contribution in [1.82, 2.24) is 9.88 Å². The van der Waals surface area contributed by atoms with Gasteiger partial charge in [0.1, 0.15) is 11.7 Å². The van der Waals surface area contributed by atoms with E-state index in [9.17, 15) is 9.59 Å². The molecule has 7 heteroatoms. The molecule has 1 atom stereocenters. The monoisotopic (exact) mass is 349 g/mol. The van der Waals surface area contributed by atoms with Crippen LogP contribution in [0.4, 0.5) is 5.69 Å². The average Bonchev–Trinajstić information content (AvgIpc) is 3.13. The van der Waals surface area contributed by atoms with Gasteiger partial charge in [0.25, 0.3) is 5.91 Å². The maximum atomic E-state index is 12.7. The zero-order chi connectivity index (χ0) is 16.6. The van der Waals surface area contributed by atoms with E-state index in [4.69, 9.17) is 11.6 Å². The van der Waals surface area contributed by atoms with Gasteiger partial charge in [0.2, 0.25) is 5.91 Å². The molecule has 1 aromatic carbocycles. The molecular formula is C16H16ClN3O2S. The minimum atomic E-state index is -0.485. The number of aromatic nitrogens is 1. The van der Waals surface area contributed by atoms with Crippen LogP contribution in [0.2, 0.25) is 5.02 Å². The number of hydrogen-bond donors (Lipinski definition) is 0. The van der Waals surface area contributed by atoms with Gasteiger partial charge in [0.15, 0.2) is 0 Å². The molecule has 23 heavy (non-hydrogen) atoms. The number of hydrogen-bond acceptors (Lipinski definition) is 4. The quantitative estimate of drug-likeness (QED) is 0.856. The first-order valence-corrected chi connectivity index (χ1v) is 8.50.